The van der Waals surface area contributed by atoms with Crippen LogP contribution in [0.25, 0.3) is 0 Å². The van der Waals surface area contributed by atoms with E-state index in [-0.39, 0.29) is 23.8 Å². The molecule has 0 saturated carbocycles. The van der Waals surface area contributed by atoms with Crippen LogP contribution in [0.1, 0.15) is 47.3 Å². The lowest BCUT2D eigenvalue weighted by atomic mass is 9.90. The van der Waals surface area contributed by atoms with Crippen LogP contribution in [-0.4, -0.2) is 52.5 Å². The summed E-state index contributed by atoms with van der Waals surface area (Å²) in [5.74, 6) is 0.735. The van der Waals surface area contributed by atoms with Gasteiger partial charge in [0.25, 0.3) is 0 Å². The molecule has 38 heavy (non-hydrogen) atoms. The Labute approximate surface area is 218 Å². The van der Waals surface area contributed by atoms with Crippen LogP contribution >= 0.6 is 0 Å². The van der Waals surface area contributed by atoms with Crippen molar-refractivity contribution in [2.75, 3.05) is 13.1 Å². The number of benzene rings is 2. The summed E-state index contributed by atoms with van der Waals surface area (Å²) in [5.41, 5.74) is 1.28. The van der Waals surface area contributed by atoms with Gasteiger partial charge in [-0.1, -0.05) is 18.2 Å². The fourth-order valence-electron chi connectivity index (χ4n) is 4.67. The molecule has 2 heterocycles. The smallest absolute Gasteiger partial charge is 0.343 e. The van der Waals surface area contributed by atoms with Gasteiger partial charge in [-0.2, -0.15) is 18.0 Å². The molecular formula is C25H29F3N6O3S. The van der Waals surface area contributed by atoms with Crippen LogP contribution in [0.5, 0.6) is 0 Å². The maximum atomic E-state index is 13.3. The van der Waals surface area contributed by atoms with Crippen molar-refractivity contribution in [3.05, 3.63) is 70.5 Å². The highest BCUT2D eigenvalue weighted by Gasteiger charge is 2.31. The molecule has 1 aliphatic heterocycles. The molecule has 13 heteroatoms. The number of aromatic nitrogens is 4. The Morgan fingerprint density at radius 1 is 1.08 bits per heavy atom. The number of alkyl halides is 3. The van der Waals surface area contributed by atoms with Gasteiger partial charge >= 0.3 is 6.18 Å². The van der Waals surface area contributed by atoms with Crippen LogP contribution in [0.3, 0.4) is 0 Å². The van der Waals surface area contributed by atoms with Crippen molar-refractivity contribution in [1.82, 2.24) is 25.1 Å². The lowest BCUT2D eigenvalue weighted by Crippen LogP contribution is -2.39. The zero-order valence-electron chi connectivity index (χ0n) is 20.9. The number of amides is 1. The van der Waals surface area contributed by atoms with Crippen molar-refractivity contribution in [2.24, 2.45) is 11.1 Å². The molecule has 2 aromatic carbocycles. The van der Waals surface area contributed by atoms with Crippen molar-refractivity contribution in [3.8, 4) is 0 Å². The molecule has 0 atom stereocenters. The Morgan fingerprint density at radius 3 is 2.34 bits per heavy atom. The van der Waals surface area contributed by atoms with E-state index in [0.717, 1.165) is 37.0 Å². The molecule has 4 rings (SSSR count). The molecule has 1 aromatic heterocycles. The number of nitrogens with zero attached hydrogens (tertiary/aromatic N) is 5. The molecular weight excluding hydrogens is 521 g/mol. The van der Waals surface area contributed by atoms with Gasteiger partial charge < -0.3 is 4.90 Å². The first-order chi connectivity index (χ1) is 17.9. The molecule has 2 N–H and O–H groups in total. The van der Waals surface area contributed by atoms with E-state index in [1.54, 1.807) is 24.0 Å². The molecule has 3 aromatic rings. The molecule has 204 valence electrons. The van der Waals surface area contributed by atoms with Crippen LogP contribution in [0, 0.1) is 12.8 Å². The first-order valence-corrected chi connectivity index (χ1v) is 13.8. The molecule has 0 bridgehead atoms. The molecule has 0 aliphatic carbocycles. The highest BCUT2D eigenvalue weighted by molar-refractivity contribution is 7.89. The van der Waals surface area contributed by atoms with Crippen LogP contribution < -0.4 is 5.14 Å². The number of carbonyl (C=O) groups is 1. The first-order valence-electron chi connectivity index (χ1n) is 12.2. The first kappa shape index (κ1) is 27.7. The number of piperidine rings is 1. The minimum Gasteiger partial charge on any atom is -0.343 e. The largest absolute Gasteiger partial charge is 0.416 e. The maximum absolute atomic E-state index is 13.3. The second kappa shape index (κ2) is 11.2. The van der Waals surface area contributed by atoms with Gasteiger partial charge in [0.05, 0.1) is 17.0 Å². The number of tetrazole rings is 1. The standard InChI is InChI=1S/C25H29F3N6O3S/c1-17-30-32-34(31-17)16-21-15-22(25(26,27)28)6-4-20(21)5-9-24(35)33-12-10-19(11-13-33)14-18-2-7-23(8-3-18)38(29,36)37/h2-4,6-8,15,19H,5,9-14,16H2,1H3,(H2,29,36,37). The fourth-order valence-corrected chi connectivity index (χ4v) is 5.19. The highest BCUT2D eigenvalue weighted by atomic mass is 32.2. The number of hydrogen-bond donors (Lipinski definition) is 1. The predicted molar refractivity (Wildman–Crippen MR) is 132 cm³/mol. The molecule has 0 spiro atoms. The zero-order valence-corrected chi connectivity index (χ0v) is 21.7. The predicted octanol–water partition coefficient (Wildman–Crippen LogP) is 3.11. The van der Waals surface area contributed by atoms with Crippen LogP contribution in [0.2, 0.25) is 0 Å². The third kappa shape index (κ3) is 7.16. The van der Waals surface area contributed by atoms with Gasteiger partial charge in [0, 0.05) is 19.5 Å². The van der Waals surface area contributed by atoms with Crippen molar-refractivity contribution >= 4 is 15.9 Å². The van der Waals surface area contributed by atoms with Crippen LogP contribution in [0.15, 0.2) is 47.4 Å². The van der Waals surface area contributed by atoms with E-state index in [4.69, 9.17) is 5.14 Å². The Hall–Kier alpha value is -3.32. The van der Waals surface area contributed by atoms with Crippen molar-refractivity contribution in [1.29, 1.82) is 0 Å². The van der Waals surface area contributed by atoms with Gasteiger partial charge in [0.15, 0.2) is 5.82 Å². The summed E-state index contributed by atoms with van der Waals surface area (Å²) in [5, 5.41) is 16.8. The van der Waals surface area contributed by atoms with Crippen molar-refractivity contribution < 1.29 is 26.4 Å². The third-order valence-electron chi connectivity index (χ3n) is 6.75. The lowest BCUT2D eigenvalue weighted by molar-refractivity contribution is -0.137. The maximum Gasteiger partial charge on any atom is 0.416 e. The van der Waals surface area contributed by atoms with Gasteiger partial charge in [-0.3, -0.25) is 4.79 Å². The number of carbonyl (C=O) groups excluding carboxylic acids is 1. The number of aryl methyl sites for hydroxylation is 2. The molecule has 9 nitrogen and oxygen atoms in total. The lowest BCUT2D eigenvalue weighted by Gasteiger charge is -2.32. The Bertz CT molecular complexity index is 1380. The number of sulfonamides is 1. The van der Waals surface area contributed by atoms with Crippen molar-refractivity contribution in [2.45, 2.75) is 56.6 Å². The van der Waals surface area contributed by atoms with Crippen LogP contribution in [-0.2, 0) is 40.4 Å². The van der Waals surface area contributed by atoms with E-state index < -0.39 is 21.8 Å². The normalized spacial score (nSPS) is 15.1. The number of hydrogen-bond acceptors (Lipinski definition) is 6. The summed E-state index contributed by atoms with van der Waals surface area (Å²) in [6.07, 6.45) is -1.60. The topological polar surface area (TPSA) is 124 Å². The van der Waals surface area contributed by atoms with Gasteiger partial charge in [-0.15, -0.1) is 10.2 Å². The molecule has 1 saturated heterocycles. The summed E-state index contributed by atoms with van der Waals surface area (Å²) < 4.78 is 62.7. The van der Waals surface area contributed by atoms with E-state index in [2.05, 4.69) is 15.4 Å². The third-order valence-corrected chi connectivity index (χ3v) is 7.68. The molecule has 1 amide bonds. The van der Waals surface area contributed by atoms with Gasteiger partial charge in [0.2, 0.25) is 15.9 Å². The number of halogens is 3. The minimum atomic E-state index is -4.48. The van der Waals surface area contributed by atoms with Gasteiger partial charge in [0.1, 0.15) is 0 Å². The second-order valence-corrected chi connectivity index (χ2v) is 11.1. The molecule has 0 radical (unpaired) electrons. The molecule has 0 unspecified atom stereocenters. The molecule has 1 fully saturated rings. The van der Waals surface area contributed by atoms with E-state index >= 15 is 0 Å². The van der Waals surface area contributed by atoms with E-state index in [9.17, 15) is 26.4 Å². The quantitative estimate of drug-likeness (QED) is 0.460. The monoisotopic (exact) mass is 550 g/mol. The average molecular weight is 551 g/mol. The van der Waals surface area contributed by atoms with Crippen molar-refractivity contribution in [3.63, 3.8) is 0 Å². The summed E-state index contributed by atoms with van der Waals surface area (Å²) in [4.78, 5) is 16.0. The zero-order chi connectivity index (χ0) is 27.5. The van der Waals surface area contributed by atoms with E-state index in [1.807, 2.05) is 0 Å². The Kier molecular flexibility index (Phi) is 8.16. The van der Waals surface area contributed by atoms with Gasteiger partial charge in [-0.25, -0.2) is 13.6 Å². The fraction of sp³-hybridized carbons (Fsp3) is 0.440. The summed E-state index contributed by atoms with van der Waals surface area (Å²) in [7, 11) is -3.73. The number of rotatable bonds is 8. The number of nitrogens with two attached hydrogens (primary N) is 1. The highest BCUT2D eigenvalue weighted by Crippen LogP contribution is 2.31. The van der Waals surface area contributed by atoms with Gasteiger partial charge in [-0.05, 0) is 84.7 Å². The Balaban J connectivity index is 1.33. The SMILES string of the molecule is Cc1nnn(Cc2cc(C(F)(F)F)ccc2CCC(=O)N2CCC(Cc3ccc(S(N)(=O)=O)cc3)CC2)n1. The van der Waals surface area contributed by atoms with E-state index in [1.165, 1.54) is 23.0 Å². The van der Waals surface area contributed by atoms with Crippen LogP contribution in [0.4, 0.5) is 13.2 Å². The van der Waals surface area contributed by atoms with E-state index in [0.29, 0.717) is 42.4 Å². The summed E-state index contributed by atoms with van der Waals surface area (Å²) >= 11 is 0. The Morgan fingerprint density at radius 2 is 1.76 bits per heavy atom. The number of likely N-dealkylation sites (tertiary alicyclic amines) is 1. The summed E-state index contributed by atoms with van der Waals surface area (Å²) in [6.45, 7) is 2.86. The minimum absolute atomic E-state index is 0.0257. The second-order valence-electron chi connectivity index (χ2n) is 9.57. The number of primary sulfonamides is 1. The average Bonchev–Trinajstić information content (AvgIpc) is 3.27. The summed E-state index contributed by atoms with van der Waals surface area (Å²) in [6, 6.07) is 10.0. The molecule has 1 aliphatic rings.